The summed E-state index contributed by atoms with van der Waals surface area (Å²) in [6.07, 6.45) is 0.417. The lowest BCUT2D eigenvalue weighted by molar-refractivity contribution is -0.140. The average molecular weight is 632 g/mol. The van der Waals surface area contributed by atoms with Crippen LogP contribution in [0.3, 0.4) is 0 Å². The third kappa shape index (κ3) is 7.27. The zero-order valence-corrected chi connectivity index (χ0v) is 26.1. The Hall–Kier alpha value is -5.00. The minimum absolute atomic E-state index is 0.0115. The van der Waals surface area contributed by atoms with Crippen LogP contribution in [-0.2, 0) is 25.6 Å². The van der Waals surface area contributed by atoms with Gasteiger partial charge in [0.2, 0.25) is 23.6 Å². The van der Waals surface area contributed by atoms with E-state index in [1.54, 1.807) is 4.90 Å². The van der Waals surface area contributed by atoms with Crippen LogP contribution >= 0.6 is 0 Å². The summed E-state index contributed by atoms with van der Waals surface area (Å²) in [6, 6.07) is 15.4. The number of hydrogen-bond acceptors (Lipinski definition) is 6. The zero-order valence-electron chi connectivity index (χ0n) is 26.1. The van der Waals surface area contributed by atoms with Crippen molar-refractivity contribution < 1.29 is 33.1 Å². The number of ether oxygens (including phenoxy) is 1. The number of nitrogens with one attached hydrogen (secondary N) is 2. The number of fused-ring (bicyclic) bond motifs is 3. The summed E-state index contributed by atoms with van der Waals surface area (Å²) in [6.45, 7) is -0.0573. The van der Waals surface area contributed by atoms with E-state index >= 15 is 0 Å². The monoisotopic (exact) mass is 631 g/mol. The summed E-state index contributed by atoms with van der Waals surface area (Å²) in [5.41, 5.74) is 0.770. The van der Waals surface area contributed by atoms with Gasteiger partial charge in [0, 0.05) is 40.2 Å². The number of rotatable bonds is 4. The van der Waals surface area contributed by atoms with Gasteiger partial charge >= 0.3 is 0 Å². The first-order valence-electron chi connectivity index (χ1n) is 15.3. The van der Waals surface area contributed by atoms with E-state index in [0.717, 1.165) is 28.5 Å². The van der Waals surface area contributed by atoms with Crippen LogP contribution in [0.2, 0.25) is 0 Å². The minimum atomic E-state index is -1.02. The molecule has 2 aliphatic heterocycles. The number of benzene rings is 3. The van der Waals surface area contributed by atoms with Gasteiger partial charge in [-0.05, 0) is 47.4 Å². The van der Waals surface area contributed by atoms with Crippen LogP contribution in [0.4, 0.5) is 4.39 Å². The maximum absolute atomic E-state index is 14.4. The minimum Gasteiger partial charge on any atom is -0.491 e. The second-order valence-electron chi connectivity index (χ2n) is 11.8. The third-order valence-corrected chi connectivity index (χ3v) is 8.65. The summed E-state index contributed by atoms with van der Waals surface area (Å²) in [5.74, 6) is -2.62. The smallest absolute Gasteiger partial charge is 0.258 e. The van der Waals surface area contributed by atoms with Gasteiger partial charge in [0.05, 0.1) is 24.6 Å². The lowest BCUT2D eigenvalue weighted by Gasteiger charge is -2.28. The van der Waals surface area contributed by atoms with E-state index in [2.05, 4.69) is 10.6 Å². The van der Waals surface area contributed by atoms with Gasteiger partial charge in [0.25, 0.3) is 5.91 Å². The van der Waals surface area contributed by atoms with Crippen molar-refractivity contribution >= 4 is 40.3 Å². The van der Waals surface area contributed by atoms with E-state index in [1.165, 1.54) is 37.0 Å². The van der Waals surface area contributed by atoms with Crippen molar-refractivity contribution in [2.24, 2.45) is 0 Å². The molecule has 2 aliphatic rings. The number of nitrogens with zero attached hydrogens (tertiary/aromatic N) is 3. The summed E-state index contributed by atoms with van der Waals surface area (Å²) in [7, 11) is 4.34. The second kappa shape index (κ2) is 14.0. The first-order chi connectivity index (χ1) is 22.0. The highest BCUT2D eigenvalue weighted by Gasteiger charge is 2.38. The fraction of sp³-hybridized carbons (Fsp3) is 0.382. The van der Waals surface area contributed by atoms with E-state index in [4.69, 9.17) is 4.74 Å². The summed E-state index contributed by atoms with van der Waals surface area (Å²) in [5, 5.41) is 7.67. The molecule has 1 fully saturated rings. The fourth-order valence-electron chi connectivity index (χ4n) is 6.11. The predicted octanol–water partition coefficient (Wildman–Crippen LogP) is 2.12. The van der Waals surface area contributed by atoms with Crippen molar-refractivity contribution in [3.8, 4) is 5.75 Å². The standard InChI is InChI=1S/C34H38FN5O6/c1-36-33(44)28-11-13-31(42)38(2)19-32(43)40-18-25(37-30(41)15-21-8-9-22-6-4-5-7-23(22)14-21)17-26(40)20-46-29-12-10-24(35)16-27(29)34(45)39(28)3/h4-10,12,14,16,25-26,28H,11,13,15,17-20H2,1-3H3,(H,36,44)(H,37,41)/t25-,26-,28-/m0/s1. The Morgan fingerprint density at radius 1 is 0.978 bits per heavy atom. The average Bonchev–Trinajstić information content (AvgIpc) is 3.45. The molecule has 0 aliphatic carbocycles. The highest BCUT2D eigenvalue weighted by Crippen LogP contribution is 2.26. The highest BCUT2D eigenvalue weighted by atomic mass is 19.1. The summed E-state index contributed by atoms with van der Waals surface area (Å²) < 4.78 is 20.4. The van der Waals surface area contributed by atoms with Gasteiger partial charge in [-0.1, -0.05) is 42.5 Å². The Morgan fingerprint density at radius 2 is 1.74 bits per heavy atom. The van der Waals surface area contributed by atoms with Gasteiger partial charge in [-0.15, -0.1) is 0 Å². The number of likely N-dealkylation sites (N-methyl/N-ethyl adjacent to an activating group) is 3. The Bertz CT molecular complexity index is 1660. The molecule has 0 unspecified atom stereocenters. The lowest BCUT2D eigenvalue weighted by atomic mass is 10.0. The Kier molecular flexibility index (Phi) is 9.84. The molecule has 12 heteroatoms. The van der Waals surface area contributed by atoms with Crippen molar-refractivity contribution in [3.05, 3.63) is 77.6 Å². The first kappa shape index (κ1) is 32.4. The molecule has 0 radical (unpaired) electrons. The number of carbonyl (C=O) groups excluding carboxylic acids is 5. The molecule has 5 amide bonds. The molecular weight excluding hydrogens is 593 g/mol. The van der Waals surface area contributed by atoms with Crippen LogP contribution in [-0.4, -0.2) is 103 Å². The van der Waals surface area contributed by atoms with Crippen LogP contribution in [0.5, 0.6) is 5.75 Å². The molecule has 0 aromatic heterocycles. The molecule has 2 N–H and O–H groups in total. The lowest BCUT2D eigenvalue weighted by Crippen LogP contribution is -2.48. The summed E-state index contributed by atoms with van der Waals surface area (Å²) in [4.78, 5) is 70.0. The third-order valence-electron chi connectivity index (χ3n) is 8.65. The van der Waals surface area contributed by atoms with Crippen LogP contribution in [0.25, 0.3) is 10.8 Å². The van der Waals surface area contributed by atoms with E-state index in [1.807, 2.05) is 42.5 Å². The Morgan fingerprint density at radius 3 is 2.50 bits per heavy atom. The number of amides is 5. The number of halogens is 1. The van der Waals surface area contributed by atoms with Gasteiger partial charge in [-0.25, -0.2) is 4.39 Å². The van der Waals surface area contributed by atoms with Crippen molar-refractivity contribution in [1.82, 2.24) is 25.3 Å². The van der Waals surface area contributed by atoms with E-state index in [0.29, 0.717) is 6.42 Å². The van der Waals surface area contributed by atoms with Crippen molar-refractivity contribution in [1.29, 1.82) is 0 Å². The zero-order chi connectivity index (χ0) is 33.0. The molecule has 46 heavy (non-hydrogen) atoms. The normalized spacial score (nSPS) is 21.2. The molecule has 3 atom stereocenters. The number of hydrogen-bond donors (Lipinski definition) is 2. The van der Waals surface area contributed by atoms with Gasteiger partial charge in [0.15, 0.2) is 0 Å². The highest BCUT2D eigenvalue weighted by molar-refractivity contribution is 5.99. The first-order valence-corrected chi connectivity index (χ1v) is 15.3. The molecule has 0 bridgehead atoms. The van der Waals surface area contributed by atoms with Crippen LogP contribution in [0, 0.1) is 5.82 Å². The molecule has 0 saturated carbocycles. The molecule has 3 aromatic carbocycles. The molecule has 242 valence electrons. The SMILES string of the molecule is CNC(=O)[C@@H]1CCC(=O)N(C)CC(=O)N2C[C@@H](NC(=O)Cc3ccc4ccccc4c3)C[C@H]2COc2ccc(F)cc2C(=O)N1C. The van der Waals surface area contributed by atoms with Crippen molar-refractivity contribution in [2.75, 3.05) is 40.8 Å². The summed E-state index contributed by atoms with van der Waals surface area (Å²) >= 11 is 0. The Balaban J connectivity index is 1.36. The molecule has 0 spiro atoms. The fourth-order valence-corrected chi connectivity index (χ4v) is 6.11. The van der Waals surface area contributed by atoms with Crippen LogP contribution < -0.4 is 15.4 Å². The van der Waals surface area contributed by atoms with Crippen molar-refractivity contribution in [2.45, 2.75) is 43.8 Å². The maximum atomic E-state index is 14.4. The topological polar surface area (TPSA) is 128 Å². The van der Waals surface area contributed by atoms with Gasteiger partial charge < -0.3 is 30.1 Å². The molecule has 2 heterocycles. The van der Waals surface area contributed by atoms with E-state index in [9.17, 15) is 28.4 Å². The molecule has 5 rings (SSSR count). The maximum Gasteiger partial charge on any atom is 0.258 e. The van der Waals surface area contributed by atoms with Gasteiger partial charge in [0.1, 0.15) is 24.2 Å². The van der Waals surface area contributed by atoms with Gasteiger partial charge in [-0.2, -0.15) is 0 Å². The van der Waals surface area contributed by atoms with Crippen molar-refractivity contribution in [3.63, 3.8) is 0 Å². The largest absolute Gasteiger partial charge is 0.491 e. The van der Waals surface area contributed by atoms with E-state index in [-0.39, 0.29) is 74.0 Å². The quantitative estimate of drug-likeness (QED) is 0.454. The Labute approximate surface area is 266 Å². The van der Waals surface area contributed by atoms with Gasteiger partial charge in [-0.3, -0.25) is 24.0 Å². The predicted molar refractivity (Wildman–Crippen MR) is 168 cm³/mol. The van der Waals surface area contributed by atoms with Crippen LogP contribution in [0.1, 0.15) is 35.2 Å². The number of carbonyl (C=O) groups is 5. The molecule has 3 aromatic rings. The van der Waals surface area contributed by atoms with Crippen LogP contribution in [0.15, 0.2) is 60.7 Å². The molecule has 11 nitrogen and oxygen atoms in total. The second-order valence-corrected chi connectivity index (χ2v) is 11.8. The van der Waals surface area contributed by atoms with E-state index < -0.39 is 29.7 Å². The molecular formula is C34H38FN5O6. The molecule has 1 saturated heterocycles.